The van der Waals surface area contributed by atoms with E-state index in [1.165, 1.54) is 16.9 Å². The van der Waals surface area contributed by atoms with Crippen LogP contribution in [0.5, 0.6) is 0 Å². The Morgan fingerprint density at radius 2 is 1.95 bits per heavy atom. The summed E-state index contributed by atoms with van der Waals surface area (Å²) in [6.45, 7) is 2.29. The van der Waals surface area contributed by atoms with E-state index in [0.717, 1.165) is 42.5 Å². The summed E-state index contributed by atoms with van der Waals surface area (Å²) in [5.41, 5.74) is 6.88. The Balaban J connectivity index is 0.00000176. The summed E-state index contributed by atoms with van der Waals surface area (Å²) >= 11 is 7.53. The molecule has 1 fully saturated rings. The highest BCUT2D eigenvalue weighted by atomic mass is 35.5. The van der Waals surface area contributed by atoms with E-state index < -0.39 is 0 Å². The molecule has 1 aromatic carbocycles. The van der Waals surface area contributed by atoms with Gasteiger partial charge < -0.3 is 15.8 Å². The first-order valence-electron chi connectivity index (χ1n) is 6.97. The number of aromatic nitrogens is 1. The molecule has 0 radical (unpaired) electrons. The molecule has 0 spiro atoms. The zero-order valence-electron chi connectivity index (χ0n) is 12.0. The normalized spacial score (nSPS) is 17.0. The van der Waals surface area contributed by atoms with Crippen molar-refractivity contribution in [3.05, 3.63) is 45.9 Å². The van der Waals surface area contributed by atoms with Gasteiger partial charge in [0.15, 0.2) is 5.13 Å². The molecule has 2 heterocycles. The fourth-order valence-corrected chi connectivity index (χ4v) is 3.47. The Labute approximate surface area is 145 Å². The predicted molar refractivity (Wildman–Crippen MR) is 93.8 cm³/mol. The molecule has 1 aliphatic heterocycles. The summed E-state index contributed by atoms with van der Waals surface area (Å²) in [6, 6.07) is 8.09. The van der Waals surface area contributed by atoms with Gasteiger partial charge in [0.2, 0.25) is 0 Å². The number of halogens is 2. The number of nitrogens with zero attached hydrogens (tertiary/aromatic N) is 1. The van der Waals surface area contributed by atoms with Crippen molar-refractivity contribution >= 4 is 40.5 Å². The third-order valence-corrected chi connectivity index (χ3v) is 4.99. The van der Waals surface area contributed by atoms with Crippen LogP contribution in [0.25, 0.3) is 0 Å². The monoisotopic (exact) mass is 359 g/mol. The largest absolute Gasteiger partial charge is 0.381 e. The maximum atomic E-state index is 6.01. The van der Waals surface area contributed by atoms with Crippen LogP contribution in [-0.4, -0.2) is 18.2 Å². The van der Waals surface area contributed by atoms with Gasteiger partial charge in [0.1, 0.15) is 0 Å². The molecule has 0 atom stereocenters. The van der Waals surface area contributed by atoms with Gasteiger partial charge in [-0.2, -0.15) is 0 Å². The summed E-state index contributed by atoms with van der Waals surface area (Å²) in [4.78, 5) is 5.25. The first kappa shape index (κ1) is 17.5. The predicted octanol–water partition coefficient (Wildman–Crippen LogP) is 3.60. The van der Waals surface area contributed by atoms with Gasteiger partial charge in [0.25, 0.3) is 0 Å². The lowest BCUT2D eigenvalue weighted by atomic mass is 9.82. The second-order valence-electron chi connectivity index (χ2n) is 5.22. The van der Waals surface area contributed by atoms with Gasteiger partial charge in [-0.15, -0.1) is 23.7 Å². The molecular formula is C15H19Cl2N3OS. The lowest BCUT2D eigenvalue weighted by molar-refractivity contribution is 0.0359. The van der Waals surface area contributed by atoms with E-state index in [1.807, 2.05) is 18.3 Å². The molecule has 120 valence electrons. The molecular weight excluding hydrogens is 341 g/mol. The topological polar surface area (TPSA) is 60.2 Å². The zero-order valence-corrected chi connectivity index (χ0v) is 14.4. The molecule has 2 aromatic rings. The molecule has 22 heavy (non-hydrogen) atoms. The number of nitrogens with two attached hydrogens (primary N) is 1. The van der Waals surface area contributed by atoms with E-state index in [9.17, 15) is 0 Å². The van der Waals surface area contributed by atoms with Crippen LogP contribution in [0.4, 0.5) is 5.13 Å². The van der Waals surface area contributed by atoms with E-state index in [2.05, 4.69) is 22.4 Å². The van der Waals surface area contributed by atoms with Gasteiger partial charge in [-0.05, 0) is 30.5 Å². The molecule has 0 bridgehead atoms. The standard InChI is InChI=1S/C15H18ClN3OS.ClH/c16-12-3-1-11(2-4-12)15(5-7-20-8-6-15)19-10-13-9-18-14(17)21-13;/h1-4,9,19H,5-8,10H2,(H2,17,18);1H. The molecule has 1 aromatic heterocycles. The lowest BCUT2D eigenvalue weighted by Crippen LogP contribution is -2.46. The fourth-order valence-electron chi connectivity index (χ4n) is 2.72. The van der Waals surface area contributed by atoms with Crippen LogP contribution in [0, 0.1) is 0 Å². The van der Waals surface area contributed by atoms with Crippen molar-refractivity contribution in [1.82, 2.24) is 10.3 Å². The van der Waals surface area contributed by atoms with Crippen LogP contribution < -0.4 is 11.1 Å². The van der Waals surface area contributed by atoms with Crippen LogP contribution in [0.1, 0.15) is 23.3 Å². The summed E-state index contributed by atoms with van der Waals surface area (Å²) in [7, 11) is 0. The van der Waals surface area contributed by atoms with Crippen molar-refractivity contribution in [3.63, 3.8) is 0 Å². The van der Waals surface area contributed by atoms with E-state index in [1.54, 1.807) is 0 Å². The molecule has 0 unspecified atom stereocenters. The Morgan fingerprint density at radius 3 is 2.55 bits per heavy atom. The van der Waals surface area contributed by atoms with Crippen LogP contribution in [0.2, 0.25) is 5.02 Å². The first-order chi connectivity index (χ1) is 10.2. The molecule has 4 nitrogen and oxygen atoms in total. The number of ether oxygens (including phenoxy) is 1. The van der Waals surface area contributed by atoms with Gasteiger partial charge in [-0.1, -0.05) is 23.7 Å². The third-order valence-electron chi connectivity index (χ3n) is 3.92. The van der Waals surface area contributed by atoms with Crippen molar-refractivity contribution < 1.29 is 4.74 Å². The van der Waals surface area contributed by atoms with E-state index in [-0.39, 0.29) is 17.9 Å². The number of hydrogen-bond acceptors (Lipinski definition) is 5. The Morgan fingerprint density at radius 1 is 1.27 bits per heavy atom. The summed E-state index contributed by atoms with van der Waals surface area (Å²) < 4.78 is 5.53. The molecule has 3 N–H and O–H groups in total. The first-order valence-corrected chi connectivity index (χ1v) is 8.16. The van der Waals surface area contributed by atoms with Crippen LogP contribution in [0.3, 0.4) is 0 Å². The number of rotatable bonds is 4. The molecule has 1 saturated heterocycles. The number of benzene rings is 1. The summed E-state index contributed by atoms with van der Waals surface area (Å²) in [5, 5.41) is 5.06. The highest BCUT2D eigenvalue weighted by Crippen LogP contribution is 2.33. The smallest absolute Gasteiger partial charge is 0.180 e. The number of anilines is 1. The Hall–Kier alpha value is -0.850. The third kappa shape index (κ3) is 3.91. The maximum Gasteiger partial charge on any atom is 0.180 e. The number of thiazole rings is 1. The number of nitrogens with one attached hydrogen (secondary N) is 1. The molecule has 0 aliphatic carbocycles. The number of nitrogen functional groups attached to an aromatic ring is 1. The van der Waals surface area contributed by atoms with Gasteiger partial charge in [-0.25, -0.2) is 4.98 Å². The molecule has 1 aliphatic rings. The van der Waals surface area contributed by atoms with Gasteiger partial charge in [0, 0.05) is 41.4 Å². The molecule has 3 rings (SSSR count). The minimum atomic E-state index is -0.0679. The molecule has 7 heteroatoms. The lowest BCUT2D eigenvalue weighted by Gasteiger charge is -2.38. The van der Waals surface area contributed by atoms with Gasteiger partial charge in [0.05, 0.1) is 0 Å². The van der Waals surface area contributed by atoms with E-state index in [0.29, 0.717) is 5.13 Å². The van der Waals surface area contributed by atoms with Crippen LogP contribution >= 0.6 is 35.3 Å². The van der Waals surface area contributed by atoms with Crippen molar-refractivity contribution in [2.45, 2.75) is 24.9 Å². The Kier molecular flexibility index (Phi) is 6.06. The van der Waals surface area contributed by atoms with E-state index >= 15 is 0 Å². The van der Waals surface area contributed by atoms with Gasteiger partial charge >= 0.3 is 0 Å². The van der Waals surface area contributed by atoms with Crippen LogP contribution in [0.15, 0.2) is 30.5 Å². The van der Waals surface area contributed by atoms with Gasteiger partial charge in [-0.3, -0.25) is 0 Å². The second-order valence-corrected chi connectivity index (χ2v) is 6.80. The quantitative estimate of drug-likeness (QED) is 0.875. The summed E-state index contributed by atoms with van der Waals surface area (Å²) in [6.07, 6.45) is 3.73. The average molecular weight is 360 g/mol. The minimum Gasteiger partial charge on any atom is -0.381 e. The Bertz CT molecular complexity index is 597. The van der Waals surface area contributed by atoms with Crippen LogP contribution in [-0.2, 0) is 16.8 Å². The van der Waals surface area contributed by atoms with Crippen molar-refractivity contribution in [1.29, 1.82) is 0 Å². The maximum absolute atomic E-state index is 6.01. The minimum absolute atomic E-state index is 0. The SMILES string of the molecule is Cl.Nc1ncc(CNC2(c3ccc(Cl)cc3)CCOCC2)s1. The van der Waals surface area contributed by atoms with E-state index in [4.69, 9.17) is 22.1 Å². The summed E-state index contributed by atoms with van der Waals surface area (Å²) in [5.74, 6) is 0. The average Bonchev–Trinajstić information content (AvgIpc) is 2.92. The highest BCUT2D eigenvalue weighted by molar-refractivity contribution is 7.15. The van der Waals surface area contributed by atoms with Crippen molar-refractivity contribution in [2.24, 2.45) is 0 Å². The second kappa shape index (κ2) is 7.62. The highest BCUT2D eigenvalue weighted by Gasteiger charge is 2.33. The van der Waals surface area contributed by atoms with Crippen molar-refractivity contribution in [2.75, 3.05) is 18.9 Å². The fraction of sp³-hybridized carbons (Fsp3) is 0.400. The molecule has 0 amide bonds. The molecule has 0 saturated carbocycles. The zero-order chi connectivity index (χ0) is 14.7. The van der Waals surface area contributed by atoms with Crippen molar-refractivity contribution in [3.8, 4) is 0 Å². The number of hydrogen-bond donors (Lipinski definition) is 2.